The lowest BCUT2D eigenvalue weighted by Crippen LogP contribution is -2.16. The number of hydroxylamine groups is 2. The van der Waals surface area contributed by atoms with Crippen LogP contribution in [0.1, 0.15) is 26.7 Å². The Hall–Kier alpha value is -0.0800. The molecule has 0 aliphatic heterocycles. The topological polar surface area (TPSA) is 26.3 Å². The fourth-order valence-electron chi connectivity index (χ4n) is 0.493. The van der Waals surface area contributed by atoms with Gasteiger partial charge in [0.25, 0.3) is 0 Å². The van der Waals surface area contributed by atoms with Crippen molar-refractivity contribution in [2.45, 2.75) is 26.7 Å². The maximum atomic E-state index is 10.5. The van der Waals surface area contributed by atoms with Crippen molar-refractivity contribution < 1.29 is 0 Å². The van der Waals surface area contributed by atoms with E-state index in [1.165, 1.54) is 0 Å². The molecule has 8 heavy (non-hydrogen) atoms. The quantitative estimate of drug-likeness (QED) is 0.521. The van der Waals surface area contributed by atoms with E-state index in [4.69, 9.17) is 0 Å². The second-order valence-electron chi connectivity index (χ2n) is 1.88. The van der Waals surface area contributed by atoms with Crippen molar-refractivity contribution in [3.05, 3.63) is 5.21 Å². The Morgan fingerprint density at radius 2 is 2.00 bits per heavy atom. The Morgan fingerprint density at radius 1 is 1.38 bits per heavy atom. The number of hydrogen-bond acceptors (Lipinski definition) is 2. The van der Waals surface area contributed by atoms with Crippen LogP contribution in [0.25, 0.3) is 0 Å². The van der Waals surface area contributed by atoms with E-state index in [1.807, 2.05) is 6.92 Å². The highest BCUT2D eigenvalue weighted by Crippen LogP contribution is 1.90. The van der Waals surface area contributed by atoms with Crippen molar-refractivity contribution in [2.75, 3.05) is 13.1 Å². The van der Waals surface area contributed by atoms with Crippen molar-refractivity contribution in [2.24, 2.45) is 0 Å². The molecular weight excluding hydrogens is 102 g/mol. The van der Waals surface area contributed by atoms with Gasteiger partial charge in [0.05, 0.1) is 0 Å². The first kappa shape index (κ1) is 7.92. The predicted molar refractivity (Wildman–Crippen MR) is 35.5 cm³/mol. The zero-order valence-corrected chi connectivity index (χ0v) is 5.68. The maximum absolute atomic E-state index is 10.5. The fourth-order valence-corrected chi connectivity index (χ4v) is 0.493. The monoisotopic (exact) mass is 116 g/mol. The summed E-state index contributed by atoms with van der Waals surface area (Å²) in [5.74, 6) is 0. The van der Waals surface area contributed by atoms with Crippen LogP contribution in [0.2, 0.25) is 0 Å². The first-order valence-electron chi connectivity index (χ1n) is 3.23. The number of rotatable bonds is 4. The fraction of sp³-hybridized carbons (Fsp3) is 1.00. The van der Waals surface area contributed by atoms with Crippen LogP contribution < -0.4 is 0 Å². The average Bonchev–Trinajstić information content (AvgIpc) is 1.83. The van der Waals surface area contributed by atoms with Gasteiger partial charge in [-0.2, -0.15) is 0 Å². The molecule has 0 radical (unpaired) electrons. The Morgan fingerprint density at radius 3 is 2.38 bits per heavy atom. The summed E-state index contributed by atoms with van der Waals surface area (Å²) in [6, 6.07) is 0. The molecule has 0 aliphatic rings. The summed E-state index contributed by atoms with van der Waals surface area (Å²) in [5.41, 5.74) is 0. The minimum absolute atomic E-state index is 0.625. The molecule has 2 heteroatoms. The molecule has 0 amide bonds. The second kappa shape index (κ2) is 5.06. The normalized spacial score (nSPS) is 10.5. The molecule has 0 N–H and O–H groups in total. The van der Waals surface area contributed by atoms with E-state index in [0.29, 0.717) is 13.1 Å². The Labute approximate surface area is 51.1 Å². The van der Waals surface area contributed by atoms with Gasteiger partial charge >= 0.3 is 0 Å². The minimum atomic E-state index is 0.625. The zero-order valence-electron chi connectivity index (χ0n) is 5.68. The highest BCUT2D eigenvalue weighted by molar-refractivity contribution is 4.51. The lowest BCUT2D eigenvalue weighted by Gasteiger charge is -2.25. The van der Waals surface area contributed by atoms with Gasteiger partial charge in [-0.15, -0.1) is 0 Å². The average molecular weight is 116 g/mol. The number of nitrogens with zero attached hydrogens (tertiary/aromatic N) is 1. The van der Waals surface area contributed by atoms with E-state index in [-0.39, 0.29) is 0 Å². The minimum Gasteiger partial charge on any atom is -0.785 e. The van der Waals surface area contributed by atoms with Crippen LogP contribution >= 0.6 is 0 Å². The van der Waals surface area contributed by atoms with Crippen LogP contribution in [0, 0.1) is 5.21 Å². The first-order valence-corrected chi connectivity index (χ1v) is 3.23. The summed E-state index contributed by atoms with van der Waals surface area (Å²) in [4.78, 5) is 0. The van der Waals surface area contributed by atoms with Gasteiger partial charge in [-0.3, -0.25) is 0 Å². The molecule has 0 aromatic rings. The van der Waals surface area contributed by atoms with Crippen molar-refractivity contribution in [3.8, 4) is 0 Å². The summed E-state index contributed by atoms with van der Waals surface area (Å²) < 4.78 is 0. The maximum Gasteiger partial charge on any atom is -0.0145 e. The molecule has 0 bridgehead atoms. The third-order valence-electron chi connectivity index (χ3n) is 1.11. The summed E-state index contributed by atoms with van der Waals surface area (Å²) in [5, 5.41) is 11.6. The molecule has 0 aromatic heterocycles. The van der Waals surface area contributed by atoms with E-state index in [0.717, 1.165) is 17.9 Å². The SMILES string of the molecule is CCCCN([O-])CC. The van der Waals surface area contributed by atoms with Gasteiger partial charge < -0.3 is 10.3 Å². The number of hydrogen-bond donors (Lipinski definition) is 0. The van der Waals surface area contributed by atoms with Crippen molar-refractivity contribution in [1.29, 1.82) is 0 Å². The molecular formula is C6H14NO-. The van der Waals surface area contributed by atoms with Gasteiger partial charge in [-0.25, -0.2) is 0 Å². The van der Waals surface area contributed by atoms with Gasteiger partial charge in [0.2, 0.25) is 0 Å². The molecule has 0 saturated carbocycles. The van der Waals surface area contributed by atoms with E-state index in [9.17, 15) is 5.21 Å². The molecule has 0 unspecified atom stereocenters. The standard InChI is InChI=1S/C6H14NO/c1-3-5-6-7(8)4-2/h3-6H2,1-2H3/q-1. The first-order chi connectivity index (χ1) is 3.81. The molecule has 0 heterocycles. The van der Waals surface area contributed by atoms with E-state index in [2.05, 4.69) is 6.92 Å². The molecule has 50 valence electrons. The summed E-state index contributed by atoms with van der Waals surface area (Å²) in [6.07, 6.45) is 2.13. The van der Waals surface area contributed by atoms with Gasteiger partial charge in [-0.05, 0) is 19.5 Å². The molecule has 0 aromatic carbocycles. The van der Waals surface area contributed by atoms with Crippen LogP contribution in [0.15, 0.2) is 0 Å². The summed E-state index contributed by atoms with van der Waals surface area (Å²) in [6.45, 7) is 5.29. The van der Waals surface area contributed by atoms with Gasteiger partial charge in [0, 0.05) is 0 Å². The Kier molecular flexibility index (Phi) is 5.01. The largest absolute Gasteiger partial charge is 0.785 e. The van der Waals surface area contributed by atoms with E-state index < -0.39 is 0 Å². The third-order valence-corrected chi connectivity index (χ3v) is 1.11. The molecule has 0 aliphatic carbocycles. The van der Waals surface area contributed by atoms with Crippen LogP contribution in [-0.2, 0) is 0 Å². The van der Waals surface area contributed by atoms with Crippen LogP contribution in [-0.4, -0.2) is 18.2 Å². The second-order valence-corrected chi connectivity index (χ2v) is 1.88. The molecule has 0 saturated heterocycles. The van der Waals surface area contributed by atoms with Crippen molar-refractivity contribution in [3.63, 3.8) is 0 Å². The van der Waals surface area contributed by atoms with Crippen LogP contribution in [0.5, 0.6) is 0 Å². The molecule has 0 fully saturated rings. The van der Waals surface area contributed by atoms with Crippen LogP contribution in [0.3, 0.4) is 0 Å². The lowest BCUT2D eigenvalue weighted by molar-refractivity contribution is 0.388. The summed E-state index contributed by atoms with van der Waals surface area (Å²) >= 11 is 0. The van der Waals surface area contributed by atoms with E-state index in [1.54, 1.807) is 0 Å². The smallest absolute Gasteiger partial charge is 0.0145 e. The van der Waals surface area contributed by atoms with Crippen LogP contribution in [0.4, 0.5) is 0 Å². The molecule has 0 rings (SSSR count). The van der Waals surface area contributed by atoms with Gasteiger partial charge in [0.15, 0.2) is 0 Å². The van der Waals surface area contributed by atoms with Gasteiger partial charge in [0.1, 0.15) is 0 Å². The summed E-state index contributed by atoms with van der Waals surface area (Å²) in [7, 11) is 0. The van der Waals surface area contributed by atoms with Crippen molar-refractivity contribution >= 4 is 0 Å². The van der Waals surface area contributed by atoms with Gasteiger partial charge in [-0.1, -0.05) is 20.3 Å². The Balaban J connectivity index is 2.86. The highest BCUT2D eigenvalue weighted by atomic mass is 16.5. The number of unbranched alkanes of at least 4 members (excludes halogenated alkanes) is 1. The highest BCUT2D eigenvalue weighted by Gasteiger charge is 1.83. The lowest BCUT2D eigenvalue weighted by atomic mass is 10.3. The zero-order chi connectivity index (χ0) is 6.41. The van der Waals surface area contributed by atoms with Crippen molar-refractivity contribution in [1.82, 2.24) is 5.06 Å². The molecule has 0 spiro atoms. The molecule has 0 atom stereocenters. The molecule has 2 nitrogen and oxygen atoms in total. The predicted octanol–water partition coefficient (Wildman–Crippen LogP) is 1.61. The third kappa shape index (κ3) is 4.09. The van der Waals surface area contributed by atoms with E-state index >= 15 is 0 Å². The Bertz CT molecular complexity index is 47.8.